The molecule has 20 heavy (non-hydrogen) atoms. The van der Waals surface area contributed by atoms with E-state index in [0.29, 0.717) is 19.6 Å². The number of nitrogens with zero attached hydrogens (tertiary/aromatic N) is 1. The van der Waals surface area contributed by atoms with Gasteiger partial charge in [0.1, 0.15) is 5.75 Å². The molecular weight excluding hydrogens is 252 g/mol. The minimum absolute atomic E-state index is 0.0572. The molecule has 1 atom stereocenters. The standard InChI is InChI=1S/C16H26N2O2/c1-4-6-14(11-17)16(19)18(5-2)12-13-7-9-15(20-3)10-8-13/h7-10,14H,4-6,11-12,17H2,1-3H3. The van der Waals surface area contributed by atoms with Crippen molar-refractivity contribution in [3.63, 3.8) is 0 Å². The lowest BCUT2D eigenvalue weighted by Crippen LogP contribution is -2.38. The fourth-order valence-electron chi connectivity index (χ4n) is 2.25. The first-order chi connectivity index (χ1) is 9.65. The number of benzene rings is 1. The van der Waals surface area contributed by atoms with Gasteiger partial charge in [-0.1, -0.05) is 25.5 Å². The van der Waals surface area contributed by atoms with Crippen LogP contribution in [-0.2, 0) is 11.3 Å². The second-order valence-corrected chi connectivity index (χ2v) is 4.92. The van der Waals surface area contributed by atoms with Gasteiger partial charge in [-0.15, -0.1) is 0 Å². The first-order valence-electron chi connectivity index (χ1n) is 7.28. The second-order valence-electron chi connectivity index (χ2n) is 4.92. The van der Waals surface area contributed by atoms with Crippen molar-refractivity contribution >= 4 is 5.91 Å². The molecule has 2 N–H and O–H groups in total. The molecule has 0 fully saturated rings. The summed E-state index contributed by atoms with van der Waals surface area (Å²) in [6.45, 7) is 5.83. The molecule has 0 aliphatic heterocycles. The van der Waals surface area contributed by atoms with Gasteiger partial charge in [0.2, 0.25) is 5.91 Å². The van der Waals surface area contributed by atoms with Gasteiger partial charge >= 0.3 is 0 Å². The van der Waals surface area contributed by atoms with E-state index in [1.54, 1.807) is 7.11 Å². The molecule has 0 aliphatic carbocycles. The highest BCUT2D eigenvalue weighted by Gasteiger charge is 2.21. The van der Waals surface area contributed by atoms with Crippen molar-refractivity contribution < 1.29 is 9.53 Å². The van der Waals surface area contributed by atoms with Gasteiger partial charge in [-0.05, 0) is 31.0 Å². The van der Waals surface area contributed by atoms with Crippen LogP contribution < -0.4 is 10.5 Å². The Hall–Kier alpha value is -1.55. The molecule has 1 aromatic rings. The summed E-state index contributed by atoms with van der Waals surface area (Å²) in [4.78, 5) is 14.3. The van der Waals surface area contributed by atoms with Gasteiger partial charge in [-0.3, -0.25) is 4.79 Å². The highest BCUT2D eigenvalue weighted by molar-refractivity contribution is 5.79. The lowest BCUT2D eigenvalue weighted by molar-refractivity contribution is -0.135. The van der Waals surface area contributed by atoms with E-state index >= 15 is 0 Å². The van der Waals surface area contributed by atoms with Crippen LogP contribution >= 0.6 is 0 Å². The monoisotopic (exact) mass is 278 g/mol. The molecule has 0 bridgehead atoms. The second kappa shape index (κ2) is 8.59. The highest BCUT2D eigenvalue weighted by Crippen LogP contribution is 2.15. The van der Waals surface area contributed by atoms with E-state index in [1.807, 2.05) is 36.1 Å². The van der Waals surface area contributed by atoms with Gasteiger partial charge in [-0.25, -0.2) is 0 Å². The first kappa shape index (κ1) is 16.5. The Bertz CT molecular complexity index is 403. The van der Waals surface area contributed by atoms with Crippen LogP contribution in [0.3, 0.4) is 0 Å². The fourth-order valence-corrected chi connectivity index (χ4v) is 2.25. The van der Waals surface area contributed by atoms with Crippen LogP contribution in [0.4, 0.5) is 0 Å². The number of carbonyl (C=O) groups is 1. The van der Waals surface area contributed by atoms with Gasteiger partial charge < -0.3 is 15.4 Å². The maximum absolute atomic E-state index is 12.4. The lowest BCUT2D eigenvalue weighted by atomic mass is 10.0. The van der Waals surface area contributed by atoms with Gasteiger partial charge in [0.15, 0.2) is 0 Å². The topological polar surface area (TPSA) is 55.6 Å². The molecule has 1 aromatic carbocycles. The van der Waals surface area contributed by atoms with Crippen molar-refractivity contribution in [1.29, 1.82) is 0 Å². The zero-order chi connectivity index (χ0) is 15.0. The summed E-state index contributed by atoms with van der Waals surface area (Å²) in [5.74, 6) is 0.930. The summed E-state index contributed by atoms with van der Waals surface area (Å²) in [5, 5.41) is 0. The molecule has 1 unspecified atom stereocenters. The van der Waals surface area contributed by atoms with Gasteiger partial charge in [-0.2, -0.15) is 0 Å². The number of methoxy groups -OCH3 is 1. The largest absolute Gasteiger partial charge is 0.497 e. The Morgan fingerprint density at radius 2 is 1.95 bits per heavy atom. The predicted molar refractivity (Wildman–Crippen MR) is 81.5 cm³/mol. The Morgan fingerprint density at radius 1 is 1.30 bits per heavy atom. The Labute approximate surface area is 121 Å². The number of ether oxygens (including phenoxy) is 1. The quantitative estimate of drug-likeness (QED) is 0.794. The number of nitrogens with two attached hydrogens (primary N) is 1. The number of rotatable bonds is 8. The molecule has 0 aliphatic rings. The molecule has 1 rings (SSSR count). The van der Waals surface area contributed by atoms with Crippen molar-refractivity contribution in [2.24, 2.45) is 11.7 Å². The van der Waals surface area contributed by atoms with Crippen molar-refractivity contribution in [3.8, 4) is 5.75 Å². The third-order valence-corrected chi connectivity index (χ3v) is 3.50. The number of carbonyl (C=O) groups excluding carboxylic acids is 1. The molecule has 4 heteroatoms. The van der Waals surface area contributed by atoms with Crippen LogP contribution in [0, 0.1) is 5.92 Å². The van der Waals surface area contributed by atoms with E-state index in [-0.39, 0.29) is 11.8 Å². The van der Waals surface area contributed by atoms with E-state index in [4.69, 9.17) is 10.5 Å². The zero-order valence-corrected chi connectivity index (χ0v) is 12.8. The van der Waals surface area contributed by atoms with Crippen LogP contribution in [0.2, 0.25) is 0 Å². The maximum atomic E-state index is 12.4. The minimum Gasteiger partial charge on any atom is -0.497 e. The first-order valence-corrected chi connectivity index (χ1v) is 7.28. The summed E-state index contributed by atoms with van der Waals surface area (Å²) in [5.41, 5.74) is 6.82. The third-order valence-electron chi connectivity index (χ3n) is 3.50. The van der Waals surface area contributed by atoms with Crippen molar-refractivity contribution in [1.82, 2.24) is 4.90 Å². The van der Waals surface area contributed by atoms with Crippen LogP contribution in [0.25, 0.3) is 0 Å². The number of hydrogen-bond donors (Lipinski definition) is 1. The van der Waals surface area contributed by atoms with Crippen molar-refractivity contribution in [3.05, 3.63) is 29.8 Å². The molecule has 1 amide bonds. The predicted octanol–water partition coefficient (Wildman–Crippen LogP) is 2.42. The van der Waals surface area contributed by atoms with Crippen LogP contribution in [0.15, 0.2) is 24.3 Å². The summed E-state index contributed by atoms with van der Waals surface area (Å²) < 4.78 is 5.14. The van der Waals surface area contributed by atoms with Gasteiger partial charge in [0, 0.05) is 19.6 Å². The van der Waals surface area contributed by atoms with Crippen molar-refractivity contribution in [2.45, 2.75) is 33.2 Å². The molecule has 4 nitrogen and oxygen atoms in total. The molecule has 0 radical (unpaired) electrons. The molecule has 0 spiro atoms. The molecule has 0 saturated carbocycles. The van der Waals surface area contributed by atoms with Crippen LogP contribution in [-0.4, -0.2) is 31.0 Å². The zero-order valence-electron chi connectivity index (χ0n) is 12.8. The molecule has 112 valence electrons. The normalized spacial score (nSPS) is 12.0. The summed E-state index contributed by atoms with van der Waals surface area (Å²) in [6.07, 6.45) is 1.84. The number of hydrogen-bond acceptors (Lipinski definition) is 3. The van der Waals surface area contributed by atoms with Crippen molar-refractivity contribution in [2.75, 3.05) is 20.2 Å². The molecule has 0 heterocycles. The van der Waals surface area contributed by atoms with Gasteiger partial charge in [0.05, 0.1) is 13.0 Å². The maximum Gasteiger partial charge on any atom is 0.227 e. The minimum atomic E-state index is -0.0572. The molecular formula is C16H26N2O2. The van der Waals surface area contributed by atoms with E-state index in [1.165, 1.54) is 0 Å². The van der Waals surface area contributed by atoms with Gasteiger partial charge in [0.25, 0.3) is 0 Å². The summed E-state index contributed by atoms with van der Waals surface area (Å²) in [6, 6.07) is 7.82. The Morgan fingerprint density at radius 3 is 2.40 bits per heavy atom. The Kier molecular flexibility index (Phi) is 7.09. The Balaban J connectivity index is 2.71. The average Bonchev–Trinajstić information content (AvgIpc) is 2.50. The SMILES string of the molecule is CCCC(CN)C(=O)N(CC)Cc1ccc(OC)cc1. The fraction of sp³-hybridized carbons (Fsp3) is 0.562. The molecule has 0 aromatic heterocycles. The third kappa shape index (κ3) is 4.53. The highest BCUT2D eigenvalue weighted by atomic mass is 16.5. The lowest BCUT2D eigenvalue weighted by Gasteiger charge is -2.25. The van der Waals surface area contributed by atoms with Crippen LogP contribution in [0.5, 0.6) is 5.75 Å². The smallest absolute Gasteiger partial charge is 0.227 e. The number of amides is 1. The molecule has 0 saturated heterocycles. The summed E-state index contributed by atoms with van der Waals surface area (Å²) >= 11 is 0. The summed E-state index contributed by atoms with van der Waals surface area (Å²) in [7, 11) is 1.65. The van der Waals surface area contributed by atoms with E-state index in [0.717, 1.165) is 24.2 Å². The van der Waals surface area contributed by atoms with E-state index in [9.17, 15) is 4.79 Å². The van der Waals surface area contributed by atoms with E-state index < -0.39 is 0 Å². The van der Waals surface area contributed by atoms with Crippen LogP contribution in [0.1, 0.15) is 32.3 Å². The average molecular weight is 278 g/mol. The van der Waals surface area contributed by atoms with E-state index in [2.05, 4.69) is 6.92 Å².